The number of methoxy groups -OCH3 is 2. The van der Waals surface area contributed by atoms with Gasteiger partial charge in [0.25, 0.3) is 0 Å². The van der Waals surface area contributed by atoms with E-state index < -0.39 is 11.5 Å². The van der Waals surface area contributed by atoms with Crippen molar-refractivity contribution in [3.63, 3.8) is 0 Å². The van der Waals surface area contributed by atoms with Crippen molar-refractivity contribution in [1.82, 2.24) is 16.0 Å². The molecule has 0 aliphatic rings. The first kappa shape index (κ1) is 62.9. The van der Waals surface area contributed by atoms with E-state index in [0.29, 0.717) is 26.1 Å². The van der Waals surface area contributed by atoms with Gasteiger partial charge in [0.1, 0.15) is 6.10 Å². The van der Waals surface area contributed by atoms with Gasteiger partial charge in [0.15, 0.2) is 0 Å². The molecule has 330 valence electrons. The van der Waals surface area contributed by atoms with Gasteiger partial charge in [0.2, 0.25) is 17.7 Å². The molecule has 0 radical (unpaired) electrons. The molecule has 0 bridgehead atoms. The zero-order valence-electron chi connectivity index (χ0n) is 38.4. The molecule has 0 aromatic carbocycles. The van der Waals surface area contributed by atoms with Crippen LogP contribution in [0.4, 0.5) is 0 Å². The number of ether oxygens (including phenoxy) is 2. The van der Waals surface area contributed by atoms with Gasteiger partial charge in [-0.1, -0.05) is 178 Å². The van der Waals surface area contributed by atoms with Crippen LogP contribution in [0.2, 0.25) is 0 Å². The molecule has 0 aliphatic carbocycles. The van der Waals surface area contributed by atoms with Crippen molar-refractivity contribution >= 4 is 39.3 Å². The van der Waals surface area contributed by atoms with Gasteiger partial charge in [-0.05, 0) is 44.9 Å². The van der Waals surface area contributed by atoms with Gasteiger partial charge in [-0.15, -0.1) is 0 Å². The molecule has 3 N–H and O–H groups in total. The first-order valence-electron chi connectivity index (χ1n) is 21.5. The molecule has 1 atom stereocenters. The molecule has 0 spiro atoms. The summed E-state index contributed by atoms with van der Waals surface area (Å²) < 4.78 is 10.5. The maximum absolute atomic E-state index is 12.4. The number of rotatable bonds is 30. The van der Waals surface area contributed by atoms with Crippen LogP contribution in [0, 0.1) is 5.41 Å². The van der Waals surface area contributed by atoms with Crippen LogP contribution >= 0.6 is 21.6 Å². The number of nitrogens with one attached hydrogen (secondary N) is 3. The molecule has 0 rings (SSSR count). The molecule has 0 aromatic heterocycles. The number of carbonyl (C=O) groups excluding carboxylic acids is 3. The van der Waals surface area contributed by atoms with E-state index in [1.165, 1.54) is 26.4 Å². The highest BCUT2D eigenvalue weighted by Gasteiger charge is 2.35. The molecular formula is C46H89N3O5S2. The number of hydrogen-bond acceptors (Lipinski definition) is 7. The molecule has 10 heteroatoms. The standard InChI is InChI=1S/C35H59N3O5S2.C5H12.3C2H6/c1-6-7-8-9-10-11-12-13-14-15-16-17-18-19-20-21-22-23-31(39)36-26-28-44-45-29-27-37-32(40)24-25-38-34(41)33(43-5)35(2,3)30-42-4;1-3-5-4-2;3*1-2/h7-8,10-11,13-14,16-17,19-20,33H,6,9,12,15,18,21-30H2,1-5H3,(H,36,39)(H,37,40)(H,38,41);3-5H2,1-2H3;3*1-2H3/b8-7-,11-10-,14-13-,17-16-,20-19-;;;;/t33-;;;;/m0..../s1. The Morgan fingerprint density at radius 2 is 1.02 bits per heavy atom. The zero-order chi connectivity index (χ0) is 43.6. The third-order valence-corrected chi connectivity index (χ3v) is 9.50. The smallest absolute Gasteiger partial charge is 0.249 e. The molecule has 0 aliphatic heterocycles. The van der Waals surface area contributed by atoms with E-state index in [1.807, 2.05) is 55.4 Å². The minimum absolute atomic E-state index is 0.0892. The Bertz CT molecular complexity index is 980. The average molecular weight is 828 g/mol. The number of hydrogen-bond donors (Lipinski definition) is 3. The van der Waals surface area contributed by atoms with Crippen molar-refractivity contribution in [1.29, 1.82) is 0 Å². The summed E-state index contributed by atoms with van der Waals surface area (Å²) >= 11 is 0. The predicted octanol–water partition coefficient (Wildman–Crippen LogP) is 12.0. The van der Waals surface area contributed by atoms with Gasteiger partial charge >= 0.3 is 0 Å². The lowest BCUT2D eigenvalue weighted by Gasteiger charge is -2.31. The second-order valence-electron chi connectivity index (χ2n) is 12.4. The van der Waals surface area contributed by atoms with Crippen molar-refractivity contribution in [2.45, 2.75) is 159 Å². The Hall–Kier alpha value is -2.27. The van der Waals surface area contributed by atoms with Gasteiger partial charge in [-0.3, -0.25) is 14.4 Å². The third-order valence-electron chi connectivity index (χ3n) is 7.09. The molecule has 0 fully saturated rings. The molecule has 0 saturated heterocycles. The second kappa shape index (κ2) is 54.8. The molecule has 8 nitrogen and oxygen atoms in total. The normalized spacial score (nSPS) is 11.6. The van der Waals surface area contributed by atoms with Crippen LogP contribution in [-0.2, 0) is 23.9 Å². The van der Waals surface area contributed by atoms with Crippen molar-refractivity contribution in [3.8, 4) is 0 Å². The molecule has 0 heterocycles. The topological polar surface area (TPSA) is 106 Å². The third kappa shape index (κ3) is 49.7. The predicted molar refractivity (Wildman–Crippen MR) is 253 cm³/mol. The molecule has 0 saturated carbocycles. The van der Waals surface area contributed by atoms with Crippen molar-refractivity contribution < 1.29 is 23.9 Å². The molecule has 0 unspecified atom stereocenters. The Morgan fingerprint density at radius 3 is 1.41 bits per heavy atom. The SMILES string of the molecule is CC.CC.CC.CC/C=C\C/C=C\C/C=C\C/C=C\C/C=C\CCCC(=O)NCCSSCCNC(=O)CCNC(=O)[C@H](OC)C(C)(C)COC.CCCCC. The highest BCUT2D eigenvalue weighted by atomic mass is 33.1. The minimum Gasteiger partial charge on any atom is -0.384 e. The van der Waals surface area contributed by atoms with E-state index >= 15 is 0 Å². The van der Waals surface area contributed by atoms with E-state index in [-0.39, 0.29) is 30.7 Å². The van der Waals surface area contributed by atoms with E-state index in [4.69, 9.17) is 9.47 Å². The van der Waals surface area contributed by atoms with E-state index in [9.17, 15) is 14.4 Å². The molecule has 56 heavy (non-hydrogen) atoms. The molecular weight excluding hydrogens is 739 g/mol. The second-order valence-corrected chi connectivity index (χ2v) is 15.1. The highest BCUT2D eigenvalue weighted by molar-refractivity contribution is 8.76. The summed E-state index contributed by atoms with van der Waals surface area (Å²) in [4.78, 5) is 36.5. The summed E-state index contributed by atoms with van der Waals surface area (Å²) in [6.45, 7) is 24.2. The van der Waals surface area contributed by atoms with E-state index in [0.717, 1.165) is 56.5 Å². The monoisotopic (exact) mass is 828 g/mol. The van der Waals surface area contributed by atoms with Crippen molar-refractivity contribution in [2.24, 2.45) is 5.41 Å². The largest absolute Gasteiger partial charge is 0.384 e. The Kier molecular flexibility index (Phi) is 61.6. The van der Waals surface area contributed by atoms with Crippen molar-refractivity contribution in [2.75, 3.05) is 52.0 Å². The maximum Gasteiger partial charge on any atom is 0.249 e. The fourth-order valence-electron chi connectivity index (χ4n) is 4.48. The average Bonchev–Trinajstić information content (AvgIpc) is 3.20. The highest BCUT2D eigenvalue weighted by Crippen LogP contribution is 2.23. The minimum atomic E-state index is -0.659. The Labute approximate surface area is 355 Å². The lowest BCUT2D eigenvalue weighted by molar-refractivity contribution is -0.140. The van der Waals surface area contributed by atoms with Crippen LogP contribution in [0.25, 0.3) is 0 Å². The van der Waals surface area contributed by atoms with Crippen LogP contribution in [0.1, 0.15) is 153 Å². The quantitative estimate of drug-likeness (QED) is 0.0376. The molecule has 3 amide bonds. The van der Waals surface area contributed by atoms with Gasteiger partial charge in [0.05, 0.1) is 6.61 Å². The summed E-state index contributed by atoms with van der Waals surface area (Å²) in [5.41, 5.74) is -0.481. The Balaban J connectivity index is -0.000000703. The summed E-state index contributed by atoms with van der Waals surface area (Å²) in [5.74, 6) is 1.30. The van der Waals surface area contributed by atoms with Gasteiger partial charge < -0.3 is 25.4 Å². The van der Waals surface area contributed by atoms with Crippen LogP contribution in [0.15, 0.2) is 60.8 Å². The summed E-state index contributed by atoms with van der Waals surface area (Å²) in [5, 5.41) is 8.60. The summed E-state index contributed by atoms with van der Waals surface area (Å²) in [6, 6.07) is 0. The number of amides is 3. The van der Waals surface area contributed by atoms with Crippen LogP contribution in [0.3, 0.4) is 0 Å². The molecule has 0 aromatic rings. The van der Waals surface area contributed by atoms with Crippen LogP contribution < -0.4 is 16.0 Å². The van der Waals surface area contributed by atoms with Gasteiger partial charge in [0, 0.05) is 63.6 Å². The fourth-order valence-corrected chi connectivity index (χ4v) is 6.30. The van der Waals surface area contributed by atoms with Crippen LogP contribution in [0.5, 0.6) is 0 Å². The number of carbonyl (C=O) groups is 3. The zero-order valence-corrected chi connectivity index (χ0v) is 40.1. The lowest BCUT2D eigenvalue weighted by atomic mass is 9.86. The summed E-state index contributed by atoms with van der Waals surface area (Å²) in [7, 11) is 6.41. The van der Waals surface area contributed by atoms with Crippen LogP contribution in [-0.4, -0.2) is 75.8 Å². The van der Waals surface area contributed by atoms with Gasteiger partial charge in [-0.2, -0.15) is 0 Å². The first-order valence-corrected chi connectivity index (χ1v) is 24.0. The van der Waals surface area contributed by atoms with E-state index in [2.05, 4.69) is 97.5 Å². The van der Waals surface area contributed by atoms with E-state index in [1.54, 1.807) is 28.7 Å². The van der Waals surface area contributed by atoms with Gasteiger partial charge in [-0.25, -0.2) is 0 Å². The number of unbranched alkanes of at least 4 members (excludes halogenated alkanes) is 3. The summed E-state index contributed by atoms with van der Waals surface area (Å²) in [6.07, 6.45) is 32.7. The first-order chi connectivity index (χ1) is 27.2. The van der Waals surface area contributed by atoms with Crippen molar-refractivity contribution in [3.05, 3.63) is 60.8 Å². The Morgan fingerprint density at radius 1 is 0.589 bits per heavy atom. The maximum atomic E-state index is 12.4. The lowest BCUT2D eigenvalue weighted by Crippen LogP contribution is -2.47. The fraction of sp³-hybridized carbons (Fsp3) is 0.717. The number of allylic oxidation sites excluding steroid dienone is 10.